The molecule has 0 unspecified atom stereocenters. The number of benzene rings is 2. The third-order valence-corrected chi connectivity index (χ3v) is 5.29. The molecule has 0 aliphatic heterocycles. The number of carboxylic acids is 1. The van der Waals surface area contributed by atoms with Crippen molar-refractivity contribution in [3.8, 4) is 0 Å². The van der Waals surface area contributed by atoms with E-state index in [1.165, 1.54) is 6.07 Å². The first kappa shape index (κ1) is 20.0. The zero-order chi connectivity index (χ0) is 20.1. The Morgan fingerprint density at radius 1 is 1.04 bits per heavy atom. The number of aromatic carboxylic acids is 1. The Balaban J connectivity index is 1.76. The van der Waals surface area contributed by atoms with Gasteiger partial charge >= 0.3 is 5.97 Å². The Hall–Kier alpha value is -2.76. The predicted octanol–water partition coefficient (Wildman–Crippen LogP) is 4.57. The van der Waals surface area contributed by atoms with E-state index in [9.17, 15) is 23.5 Å². The van der Waals surface area contributed by atoms with E-state index in [1.807, 2.05) is 0 Å². The number of hydrogen-bond acceptors (Lipinski definition) is 2. The van der Waals surface area contributed by atoms with Crippen LogP contribution in [0.1, 0.15) is 53.6 Å². The van der Waals surface area contributed by atoms with Crippen molar-refractivity contribution in [1.29, 1.82) is 0 Å². The molecule has 6 heteroatoms. The quantitative estimate of drug-likeness (QED) is 0.757. The van der Waals surface area contributed by atoms with Crippen LogP contribution in [0.5, 0.6) is 0 Å². The highest BCUT2D eigenvalue weighted by Crippen LogP contribution is 2.27. The van der Waals surface area contributed by atoms with Crippen LogP contribution >= 0.6 is 0 Å². The van der Waals surface area contributed by atoms with Gasteiger partial charge in [0, 0.05) is 24.6 Å². The average molecular weight is 387 g/mol. The topological polar surface area (TPSA) is 57.6 Å². The Bertz CT molecular complexity index is 863. The molecular weight excluding hydrogens is 364 g/mol. The lowest BCUT2D eigenvalue weighted by Gasteiger charge is -2.29. The van der Waals surface area contributed by atoms with Crippen LogP contribution in [0.2, 0.25) is 0 Å². The van der Waals surface area contributed by atoms with Crippen molar-refractivity contribution in [3.05, 3.63) is 70.8 Å². The Morgan fingerprint density at radius 2 is 1.75 bits per heavy atom. The van der Waals surface area contributed by atoms with Crippen LogP contribution in [0.4, 0.5) is 8.78 Å². The van der Waals surface area contributed by atoms with E-state index >= 15 is 0 Å². The molecule has 148 valence electrons. The minimum absolute atomic E-state index is 0.00452. The summed E-state index contributed by atoms with van der Waals surface area (Å²) in [5, 5.41) is 9.29. The highest BCUT2D eigenvalue weighted by Gasteiger charge is 2.27. The van der Waals surface area contributed by atoms with Crippen molar-refractivity contribution in [2.45, 2.75) is 51.1 Å². The molecule has 0 aromatic heterocycles. The standard InChI is InChI=1S/C22H23F2NO3/c23-17-10-11-20(24)16(13-17)14-25(18-6-2-3-7-18)21(26)12-9-15-5-1-4-8-19(15)22(27)28/h1,4-5,8,10-11,13,18H,2-3,6-7,9,12,14H2,(H,27,28). The monoisotopic (exact) mass is 387 g/mol. The molecule has 0 spiro atoms. The summed E-state index contributed by atoms with van der Waals surface area (Å²) in [5.74, 6) is -2.27. The zero-order valence-electron chi connectivity index (χ0n) is 15.5. The van der Waals surface area contributed by atoms with Gasteiger partial charge in [-0.05, 0) is 49.1 Å². The predicted molar refractivity (Wildman–Crippen MR) is 101 cm³/mol. The van der Waals surface area contributed by atoms with Gasteiger partial charge in [0.15, 0.2) is 0 Å². The number of carbonyl (C=O) groups excluding carboxylic acids is 1. The molecule has 1 N–H and O–H groups in total. The molecule has 1 amide bonds. The van der Waals surface area contributed by atoms with Gasteiger partial charge in [0.2, 0.25) is 5.91 Å². The summed E-state index contributed by atoms with van der Waals surface area (Å²) in [5.41, 5.74) is 0.928. The SMILES string of the molecule is O=C(O)c1ccccc1CCC(=O)N(Cc1cc(F)ccc1F)C1CCCC1. The van der Waals surface area contributed by atoms with Gasteiger partial charge in [-0.1, -0.05) is 31.0 Å². The molecule has 3 rings (SSSR count). The molecule has 1 aliphatic rings. The zero-order valence-corrected chi connectivity index (χ0v) is 15.5. The number of nitrogens with zero attached hydrogens (tertiary/aromatic N) is 1. The van der Waals surface area contributed by atoms with Crippen LogP contribution in [0.3, 0.4) is 0 Å². The highest BCUT2D eigenvalue weighted by molar-refractivity contribution is 5.89. The fraction of sp³-hybridized carbons (Fsp3) is 0.364. The van der Waals surface area contributed by atoms with Crippen LogP contribution in [0.25, 0.3) is 0 Å². The van der Waals surface area contributed by atoms with Crippen molar-refractivity contribution < 1.29 is 23.5 Å². The van der Waals surface area contributed by atoms with Gasteiger partial charge in [0.25, 0.3) is 0 Å². The third-order valence-electron chi connectivity index (χ3n) is 5.29. The molecule has 0 radical (unpaired) electrons. The van der Waals surface area contributed by atoms with E-state index in [0.29, 0.717) is 5.56 Å². The molecule has 0 bridgehead atoms. The lowest BCUT2D eigenvalue weighted by molar-refractivity contribution is -0.134. The Labute approximate surface area is 162 Å². The molecule has 0 saturated heterocycles. The molecule has 1 aliphatic carbocycles. The maximum absolute atomic E-state index is 14.1. The normalized spacial score (nSPS) is 14.2. The maximum Gasteiger partial charge on any atom is 0.335 e. The number of halogens is 2. The first-order chi connectivity index (χ1) is 13.5. The van der Waals surface area contributed by atoms with Crippen LogP contribution < -0.4 is 0 Å². The van der Waals surface area contributed by atoms with E-state index in [2.05, 4.69) is 0 Å². The van der Waals surface area contributed by atoms with Gasteiger partial charge in [0.05, 0.1) is 5.56 Å². The van der Waals surface area contributed by atoms with Gasteiger partial charge in [-0.25, -0.2) is 13.6 Å². The van der Waals surface area contributed by atoms with E-state index < -0.39 is 17.6 Å². The fourth-order valence-corrected chi connectivity index (χ4v) is 3.82. The van der Waals surface area contributed by atoms with Gasteiger partial charge < -0.3 is 10.0 Å². The summed E-state index contributed by atoms with van der Waals surface area (Å²) >= 11 is 0. The summed E-state index contributed by atoms with van der Waals surface area (Å²) in [6.07, 6.45) is 4.10. The second-order valence-electron chi connectivity index (χ2n) is 7.16. The summed E-state index contributed by atoms with van der Waals surface area (Å²) in [6.45, 7) is 0.0215. The first-order valence-electron chi connectivity index (χ1n) is 9.50. The number of hydrogen-bond donors (Lipinski definition) is 1. The molecule has 28 heavy (non-hydrogen) atoms. The van der Waals surface area contributed by atoms with E-state index in [4.69, 9.17) is 0 Å². The Kier molecular flexibility index (Phi) is 6.39. The molecule has 1 saturated carbocycles. The smallest absolute Gasteiger partial charge is 0.335 e. The van der Waals surface area contributed by atoms with Crippen molar-refractivity contribution in [2.24, 2.45) is 0 Å². The van der Waals surface area contributed by atoms with E-state index in [1.54, 1.807) is 23.1 Å². The minimum atomic E-state index is -1.03. The van der Waals surface area contributed by atoms with E-state index in [-0.39, 0.29) is 42.5 Å². The molecule has 1 fully saturated rings. The average Bonchev–Trinajstić information content (AvgIpc) is 3.21. The summed E-state index contributed by atoms with van der Waals surface area (Å²) in [4.78, 5) is 25.9. The number of carboxylic acid groups (broad SMARTS) is 1. The lowest BCUT2D eigenvalue weighted by atomic mass is 10.0. The summed E-state index contributed by atoms with van der Waals surface area (Å²) < 4.78 is 27.6. The largest absolute Gasteiger partial charge is 0.478 e. The van der Waals surface area contributed by atoms with Crippen LogP contribution in [-0.4, -0.2) is 27.9 Å². The summed E-state index contributed by atoms with van der Waals surface area (Å²) in [6, 6.07) is 9.86. The van der Waals surface area contributed by atoms with Gasteiger partial charge in [0.1, 0.15) is 11.6 Å². The molecule has 0 heterocycles. The van der Waals surface area contributed by atoms with E-state index in [0.717, 1.165) is 43.9 Å². The van der Waals surface area contributed by atoms with Gasteiger partial charge in [-0.2, -0.15) is 0 Å². The van der Waals surface area contributed by atoms with Gasteiger partial charge in [-0.3, -0.25) is 4.79 Å². The highest BCUT2D eigenvalue weighted by atomic mass is 19.1. The maximum atomic E-state index is 14.1. The molecule has 2 aromatic rings. The van der Waals surface area contributed by atoms with Crippen molar-refractivity contribution in [2.75, 3.05) is 0 Å². The second kappa shape index (κ2) is 8.95. The summed E-state index contributed by atoms with van der Waals surface area (Å²) in [7, 11) is 0. The Morgan fingerprint density at radius 3 is 2.46 bits per heavy atom. The molecule has 0 atom stereocenters. The van der Waals surface area contributed by atoms with Crippen LogP contribution in [0, 0.1) is 11.6 Å². The molecular formula is C22H23F2NO3. The number of amides is 1. The molecule has 4 nitrogen and oxygen atoms in total. The van der Waals surface area contributed by atoms with Crippen LogP contribution in [-0.2, 0) is 17.8 Å². The fourth-order valence-electron chi connectivity index (χ4n) is 3.82. The third kappa shape index (κ3) is 4.74. The first-order valence-corrected chi connectivity index (χ1v) is 9.50. The van der Waals surface area contributed by atoms with Gasteiger partial charge in [-0.15, -0.1) is 0 Å². The number of rotatable bonds is 7. The number of carbonyl (C=O) groups is 2. The molecule has 2 aromatic carbocycles. The van der Waals surface area contributed by atoms with Crippen molar-refractivity contribution >= 4 is 11.9 Å². The van der Waals surface area contributed by atoms with Crippen LogP contribution in [0.15, 0.2) is 42.5 Å². The number of aryl methyl sites for hydroxylation is 1. The van der Waals surface area contributed by atoms with Crippen molar-refractivity contribution in [3.63, 3.8) is 0 Å². The van der Waals surface area contributed by atoms with Crippen molar-refractivity contribution in [1.82, 2.24) is 4.90 Å². The second-order valence-corrected chi connectivity index (χ2v) is 7.16. The lowest BCUT2D eigenvalue weighted by Crippen LogP contribution is -2.38. The minimum Gasteiger partial charge on any atom is -0.478 e.